The summed E-state index contributed by atoms with van der Waals surface area (Å²) >= 11 is 5.91. The van der Waals surface area contributed by atoms with Crippen LogP contribution in [-0.4, -0.2) is 7.11 Å². The fourth-order valence-corrected chi connectivity index (χ4v) is 1.64. The molecule has 4 heteroatoms. The van der Waals surface area contributed by atoms with E-state index in [2.05, 4.69) is 6.92 Å². The van der Waals surface area contributed by atoms with E-state index in [1.54, 1.807) is 7.11 Å². The first-order valence-electron chi connectivity index (χ1n) is 4.78. The summed E-state index contributed by atoms with van der Waals surface area (Å²) in [5, 5.41) is 0.701. The zero-order valence-electron chi connectivity index (χ0n) is 9.00. The maximum Gasteiger partial charge on any atom is 0.123 e. The van der Waals surface area contributed by atoms with E-state index in [9.17, 15) is 0 Å². The van der Waals surface area contributed by atoms with Gasteiger partial charge in [-0.3, -0.25) is 0 Å². The van der Waals surface area contributed by atoms with Crippen LogP contribution in [-0.2, 0) is 0 Å². The number of halogens is 2. The van der Waals surface area contributed by atoms with E-state index in [-0.39, 0.29) is 18.4 Å². The molecule has 0 saturated heterocycles. The van der Waals surface area contributed by atoms with Crippen molar-refractivity contribution in [2.45, 2.75) is 25.8 Å². The average molecular weight is 250 g/mol. The highest BCUT2D eigenvalue weighted by Gasteiger charge is 2.11. The Labute approximate surface area is 102 Å². The number of benzene rings is 1. The Kier molecular flexibility index (Phi) is 6.73. The molecule has 0 amide bonds. The summed E-state index contributed by atoms with van der Waals surface area (Å²) in [4.78, 5) is 0. The summed E-state index contributed by atoms with van der Waals surface area (Å²) in [6.45, 7) is 2.11. The standard InChI is InChI=1S/C11H16ClNO.ClH/c1-3-4-10(13)9-7-8(12)5-6-11(9)14-2;/h5-7,10H,3-4,13H2,1-2H3;1H/t10-;/m1./s1. The first-order chi connectivity index (χ1) is 6.69. The van der Waals surface area contributed by atoms with Crippen LogP contribution in [0.25, 0.3) is 0 Å². The van der Waals surface area contributed by atoms with Crippen LogP contribution in [0, 0.1) is 0 Å². The Morgan fingerprint density at radius 3 is 2.67 bits per heavy atom. The molecule has 1 atom stereocenters. The van der Waals surface area contributed by atoms with Gasteiger partial charge in [-0.2, -0.15) is 0 Å². The quantitative estimate of drug-likeness (QED) is 0.886. The highest BCUT2D eigenvalue weighted by molar-refractivity contribution is 6.30. The first-order valence-corrected chi connectivity index (χ1v) is 5.15. The zero-order valence-corrected chi connectivity index (χ0v) is 10.6. The SMILES string of the molecule is CCC[C@@H](N)c1cc(Cl)ccc1OC.Cl. The molecule has 1 aromatic rings. The Hall–Kier alpha value is -0.440. The molecule has 0 aromatic heterocycles. The fraction of sp³-hybridized carbons (Fsp3) is 0.455. The molecule has 0 aliphatic heterocycles. The summed E-state index contributed by atoms with van der Waals surface area (Å²) < 4.78 is 5.23. The Balaban J connectivity index is 0.00000196. The Morgan fingerprint density at radius 2 is 2.13 bits per heavy atom. The highest BCUT2D eigenvalue weighted by Crippen LogP contribution is 2.29. The summed E-state index contributed by atoms with van der Waals surface area (Å²) in [5.74, 6) is 0.815. The van der Waals surface area contributed by atoms with Gasteiger partial charge in [-0.15, -0.1) is 12.4 Å². The molecule has 0 radical (unpaired) electrons. The third-order valence-electron chi connectivity index (χ3n) is 2.19. The van der Waals surface area contributed by atoms with Crippen molar-refractivity contribution >= 4 is 24.0 Å². The van der Waals surface area contributed by atoms with Gasteiger partial charge in [0.05, 0.1) is 7.11 Å². The van der Waals surface area contributed by atoms with Crippen LogP contribution in [0.1, 0.15) is 31.4 Å². The van der Waals surface area contributed by atoms with Crippen LogP contribution in [0.15, 0.2) is 18.2 Å². The monoisotopic (exact) mass is 249 g/mol. The Bertz CT molecular complexity index is 305. The second kappa shape index (κ2) is 6.94. The van der Waals surface area contributed by atoms with Crippen molar-refractivity contribution < 1.29 is 4.74 Å². The van der Waals surface area contributed by atoms with Gasteiger partial charge in [0.1, 0.15) is 5.75 Å². The number of ether oxygens (including phenoxy) is 1. The van der Waals surface area contributed by atoms with Gasteiger partial charge in [-0.25, -0.2) is 0 Å². The lowest BCUT2D eigenvalue weighted by Gasteiger charge is -2.15. The largest absolute Gasteiger partial charge is 0.496 e. The molecule has 15 heavy (non-hydrogen) atoms. The molecule has 0 aliphatic rings. The minimum Gasteiger partial charge on any atom is -0.496 e. The van der Waals surface area contributed by atoms with E-state index >= 15 is 0 Å². The number of nitrogens with two attached hydrogens (primary N) is 1. The summed E-state index contributed by atoms with van der Waals surface area (Å²) in [5.41, 5.74) is 7.00. The zero-order chi connectivity index (χ0) is 10.6. The van der Waals surface area contributed by atoms with E-state index in [4.69, 9.17) is 22.1 Å². The maximum absolute atomic E-state index is 6.01. The van der Waals surface area contributed by atoms with Crippen LogP contribution in [0.5, 0.6) is 5.75 Å². The molecule has 2 N–H and O–H groups in total. The number of methoxy groups -OCH3 is 1. The Morgan fingerprint density at radius 1 is 1.47 bits per heavy atom. The van der Waals surface area contributed by atoms with E-state index in [0.717, 1.165) is 24.2 Å². The van der Waals surface area contributed by atoms with Gasteiger partial charge in [0.15, 0.2) is 0 Å². The minimum absolute atomic E-state index is 0. The molecule has 2 nitrogen and oxygen atoms in total. The molecule has 86 valence electrons. The van der Waals surface area contributed by atoms with Crippen molar-refractivity contribution in [3.8, 4) is 5.75 Å². The lowest BCUT2D eigenvalue weighted by Crippen LogP contribution is -2.11. The highest BCUT2D eigenvalue weighted by atomic mass is 35.5. The molecule has 1 aromatic carbocycles. The minimum atomic E-state index is 0. The molecule has 0 fully saturated rings. The maximum atomic E-state index is 6.01. The van der Waals surface area contributed by atoms with Crippen LogP contribution in [0.3, 0.4) is 0 Å². The second-order valence-electron chi connectivity index (χ2n) is 3.28. The van der Waals surface area contributed by atoms with Crippen molar-refractivity contribution in [1.82, 2.24) is 0 Å². The van der Waals surface area contributed by atoms with Crippen molar-refractivity contribution in [1.29, 1.82) is 0 Å². The molecular formula is C11H17Cl2NO. The van der Waals surface area contributed by atoms with Gasteiger partial charge < -0.3 is 10.5 Å². The summed E-state index contributed by atoms with van der Waals surface area (Å²) in [6, 6.07) is 5.55. The summed E-state index contributed by atoms with van der Waals surface area (Å²) in [7, 11) is 1.64. The van der Waals surface area contributed by atoms with Crippen molar-refractivity contribution in [2.24, 2.45) is 5.73 Å². The third kappa shape index (κ3) is 3.90. The predicted octanol–water partition coefficient (Wildman–Crippen LogP) is 3.57. The van der Waals surface area contributed by atoms with Crippen LogP contribution < -0.4 is 10.5 Å². The van der Waals surface area contributed by atoms with Gasteiger partial charge in [-0.1, -0.05) is 24.9 Å². The van der Waals surface area contributed by atoms with E-state index < -0.39 is 0 Å². The topological polar surface area (TPSA) is 35.2 Å². The molecule has 0 unspecified atom stereocenters. The number of hydrogen-bond acceptors (Lipinski definition) is 2. The second-order valence-corrected chi connectivity index (χ2v) is 3.72. The van der Waals surface area contributed by atoms with Crippen LogP contribution in [0.2, 0.25) is 5.02 Å². The average Bonchev–Trinajstić information content (AvgIpc) is 2.18. The van der Waals surface area contributed by atoms with Crippen molar-refractivity contribution in [3.05, 3.63) is 28.8 Å². The van der Waals surface area contributed by atoms with Gasteiger partial charge in [0, 0.05) is 16.6 Å². The van der Waals surface area contributed by atoms with Gasteiger partial charge in [0.2, 0.25) is 0 Å². The lowest BCUT2D eigenvalue weighted by molar-refractivity contribution is 0.404. The predicted molar refractivity (Wildman–Crippen MR) is 67.1 cm³/mol. The summed E-state index contributed by atoms with van der Waals surface area (Å²) in [6.07, 6.45) is 1.99. The smallest absolute Gasteiger partial charge is 0.123 e. The van der Waals surface area contributed by atoms with Gasteiger partial charge in [-0.05, 0) is 24.6 Å². The van der Waals surface area contributed by atoms with Crippen molar-refractivity contribution in [3.63, 3.8) is 0 Å². The van der Waals surface area contributed by atoms with E-state index in [1.165, 1.54) is 0 Å². The molecular weight excluding hydrogens is 233 g/mol. The molecule has 0 spiro atoms. The number of hydrogen-bond donors (Lipinski definition) is 1. The van der Waals surface area contributed by atoms with Crippen LogP contribution >= 0.6 is 24.0 Å². The molecule has 0 aliphatic carbocycles. The molecule has 0 bridgehead atoms. The van der Waals surface area contributed by atoms with Gasteiger partial charge in [0.25, 0.3) is 0 Å². The van der Waals surface area contributed by atoms with Crippen LogP contribution in [0.4, 0.5) is 0 Å². The molecule has 0 heterocycles. The number of rotatable bonds is 4. The van der Waals surface area contributed by atoms with E-state index in [1.807, 2.05) is 18.2 Å². The first kappa shape index (κ1) is 14.6. The normalized spacial score (nSPS) is 11.7. The third-order valence-corrected chi connectivity index (χ3v) is 2.43. The molecule has 1 rings (SSSR count). The molecule has 0 saturated carbocycles. The lowest BCUT2D eigenvalue weighted by atomic mass is 10.0. The van der Waals surface area contributed by atoms with Gasteiger partial charge >= 0.3 is 0 Å². The van der Waals surface area contributed by atoms with Crippen molar-refractivity contribution in [2.75, 3.05) is 7.11 Å². The fourth-order valence-electron chi connectivity index (χ4n) is 1.46. The van der Waals surface area contributed by atoms with E-state index in [0.29, 0.717) is 5.02 Å².